The molecule has 112 valence electrons. The van der Waals surface area contributed by atoms with Gasteiger partial charge in [0.25, 0.3) is 0 Å². The van der Waals surface area contributed by atoms with Crippen LogP contribution in [0.4, 0.5) is 0 Å². The van der Waals surface area contributed by atoms with Crippen LogP contribution in [0, 0.1) is 5.92 Å². The molecule has 5 nitrogen and oxygen atoms in total. The average molecular weight is 306 g/mol. The third-order valence-electron chi connectivity index (χ3n) is 4.51. The summed E-state index contributed by atoms with van der Waals surface area (Å²) in [5, 5.41) is 10.8. The molecule has 2 aliphatic carbocycles. The quantitative estimate of drug-likeness (QED) is 0.806. The summed E-state index contributed by atoms with van der Waals surface area (Å²) in [4.78, 5) is 50.3. The van der Waals surface area contributed by atoms with Crippen LogP contribution in [0.2, 0.25) is 0 Å². The fourth-order valence-corrected chi connectivity index (χ4v) is 3.38. The maximum atomic E-state index is 12.6. The van der Waals surface area contributed by atoms with Crippen molar-refractivity contribution in [2.75, 3.05) is 0 Å². The van der Waals surface area contributed by atoms with Crippen molar-refractivity contribution >= 4 is 23.1 Å². The van der Waals surface area contributed by atoms with Crippen molar-refractivity contribution in [3.63, 3.8) is 0 Å². The van der Waals surface area contributed by atoms with Gasteiger partial charge in [0, 0.05) is 22.3 Å². The Bertz CT molecular complexity index is 855. The van der Waals surface area contributed by atoms with Crippen LogP contribution in [0.5, 0.6) is 0 Å². The molecule has 2 aromatic carbocycles. The first-order valence-corrected chi connectivity index (χ1v) is 7.06. The summed E-state index contributed by atoms with van der Waals surface area (Å²) >= 11 is 0. The molecule has 0 fully saturated rings. The summed E-state index contributed by atoms with van der Waals surface area (Å²) in [5.74, 6) is -4.88. The molecular weight excluding hydrogens is 296 g/mol. The number of carbonyl (C=O) groups is 4. The lowest BCUT2D eigenvalue weighted by atomic mass is 9.80. The molecule has 0 bridgehead atoms. The molecule has 2 aliphatic rings. The van der Waals surface area contributed by atoms with Gasteiger partial charge in [0.15, 0.2) is 11.6 Å². The first-order chi connectivity index (χ1) is 11.0. The van der Waals surface area contributed by atoms with E-state index in [0.717, 1.165) is 0 Å². The van der Waals surface area contributed by atoms with Crippen LogP contribution in [-0.4, -0.2) is 33.8 Å². The number of fused-ring (bicyclic) bond motifs is 2. The van der Waals surface area contributed by atoms with Crippen LogP contribution >= 0.6 is 0 Å². The van der Waals surface area contributed by atoms with Gasteiger partial charge < -0.3 is 5.11 Å². The highest BCUT2D eigenvalue weighted by atomic mass is 16.3. The number of aliphatic hydroxyl groups is 1. The fraction of sp³-hybridized carbons (Fsp3) is 0.111. The van der Waals surface area contributed by atoms with Crippen molar-refractivity contribution < 1.29 is 24.3 Å². The van der Waals surface area contributed by atoms with Gasteiger partial charge in [-0.2, -0.15) is 0 Å². The largest absolute Gasteiger partial charge is 0.373 e. The van der Waals surface area contributed by atoms with E-state index < -0.39 is 34.7 Å². The van der Waals surface area contributed by atoms with Gasteiger partial charge in [0.2, 0.25) is 17.2 Å². The van der Waals surface area contributed by atoms with E-state index in [0.29, 0.717) is 0 Å². The van der Waals surface area contributed by atoms with E-state index in [2.05, 4.69) is 0 Å². The topological polar surface area (TPSA) is 88.5 Å². The Hall–Kier alpha value is -2.92. The number of rotatable bonds is 1. The first-order valence-electron chi connectivity index (χ1n) is 7.06. The predicted molar refractivity (Wildman–Crippen MR) is 78.6 cm³/mol. The van der Waals surface area contributed by atoms with E-state index >= 15 is 0 Å². The van der Waals surface area contributed by atoms with Gasteiger partial charge >= 0.3 is 0 Å². The molecule has 1 N–H and O–H groups in total. The van der Waals surface area contributed by atoms with Crippen molar-refractivity contribution in [2.24, 2.45) is 5.92 Å². The molecule has 0 saturated heterocycles. The average Bonchev–Trinajstić information content (AvgIpc) is 2.94. The number of hydrogen-bond acceptors (Lipinski definition) is 5. The number of ketones is 4. The SMILES string of the molecule is O=C1c2ccccc2C(=O)C1C1(O)C(=O)c2ccccc2C1=O. The third-order valence-corrected chi connectivity index (χ3v) is 4.51. The molecule has 0 saturated carbocycles. The van der Waals surface area contributed by atoms with Gasteiger partial charge in [-0.25, -0.2) is 0 Å². The van der Waals surface area contributed by atoms with Crippen molar-refractivity contribution in [1.29, 1.82) is 0 Å². The van der Waals surface area contributed by atoms with E-state index in [-0.39, 0.29) is 22.3 Å². The molecule has 2 aromatic rings. The Morgan fingerprint density at radius 3 is 1.39 bits per heavy atom. The van der Waals surface area contributed by atoms with E-state index in [1.54, 1.807) is 24.3 Å². The van der Waals surface area contributed by atoms with Gasteiger partial charge in [0.05, 0.1) is 0 Å². The summed E-state index contributed by atoms with van der Waals surface area (Å²) in [6, 6.07) is 12.0. The Labute approximate surface area is 130 Å². The van der Waals surface area contributed by atoms with Crippen LogP contribution in [-0.2, 0) is 0 Å². The molecule has 4 rings (SSSR count). The molecule has 0 aromatic heterocycles. The van der Waals surface area contributed by atoms with Crippen LogP contribution in [0.25, 0.3) is 0 Å². The van der Waals surface area contributed by atoms with Gasteiger partial charge in [0.1, 0.15) is 5.92 Å². The summed E-state index contributed by atoms with van der Waals surface area (Å²) in [6.07, 6.45) is 0. The van der Waals surface area contributed by atoms with Crippen molar-refractivity contribution in [3.05, 3.63) is 70.8 Å². The van der Waals surface area contributed by atoms with Crippen LogP contribution in [0.3, 0.4) is 0 Å². The van der Waals surface area contributed by atoms with Gasteiger partial charge in [-0.15, -0.1) is 0 Å². The Kier molecular flexibility index (Phi) is 2.57. The highest BCUT2D eigenvalue weighted by Crippen LogP contribution is 2.41. The van der Waals surface area contributed by atoms with Gasteiger partial charge in [-0.1, -0.05) is 48.5 Å². The zero-order valence-corrected chi connectivity index (χ0v) is 11.8. The monoisotopic (exact) mass is 306 g/mol. The standard InChI is InChI=1S/C18H10O5/c19-14-9-5-1-2-6-10(9)15(20)13(14)18(23)16(21)11-7-3-4-8-12(11)17(18)22/h1-8,13,23H. The number of Topliss-reactive ketones (excluding diaryl/α,β-unsaturated/α-hetero) is 4. The van der Waals surface area contributed by atoms with Gasteiger partial charge in [-0.05, 0) is 0 Å². The fourth-order valence-electron chi connectivity index (χ4n) is 3.38. The second-order valence-corrected chi connectivity index (χ2v) is 5.68. The second-order valence-electron chi connectivity index (χ2n) is 5.68. The molecule has 0 atom stereocenters. The highest BCUT2D eigenvalue weighted by molar-refractivity contribution is 6.39. The first kappa shape index (κ1) is 13.7. The molecule has 0 radical (unpaired) electrons. The molecule has 0 amide bonds. The number of benzene rings is 2. The highest BCUT2D eigenvalue weighted by Gasteiger charge is 2.63. The molecule has 0 unspecified atom stereocenters. The van der Waals surface area contributed by atoms with Crippen molar-refractivity contribution in [1.82, 2.24) is 0 Å². The van der Waals surface area contributed by atoms with E-state index in [9.17, 15) is 24.3 Å². The van der Waals surface area contributed by atoms with Crippen LogP contribution < -0.4 is 0 Å². The Morgan fingerprint density at radius 2 is 1.00 bits per heavy atom. The van der Waals surface area contributed by atoms with Crippen molar-refractivity contribution in [3.8, 4) is 0 Å². The zero-order valence-electron chi connectivity index (χ0n) is 11.8. The minimum atomic E-state index is -2.66. The number of hydrogen-bond donors (Lipinski definition) is 1. The van der Waals surface area contributed by atoms with E-state index in [4.69, 9.17) is 0 Å². The minimum Gasteiger partial charge on any atom is -0.373 e. The minimum absolute atomic E-state index is 0.0385. The molecule has 0 heterocycles. The lowest BCUT2D eigenvalue weighted by Crippen LogP contribution is -2.52. The maximum absolute atomic E-state index is 12.6. The molecule has 23 heavy (non-hydrogen) atoms. The summed E-state index contributed by atoms with van der Waals surface area (Å²) in [5.41, 5.74) is -2.32. The smallest absolute Gasteiger partial charge is 0.208 e. The van der Waals surface area contributed by atoms with Gasteiger partial charge in [-0.3, -0.25) is 19.2 Å². The zero-order chi connectivity index (χ0) is 16.4. The molecular formula is C18H10O5. The Balaban J connectivity index is 1.90. The van der Waals surface area contributed by atoms with Crippen LogP contribution in [0.1, 0.15) is 41.4 Å². The molecule has 0 spiro atoms. The van der Waals surface area contributed by atoms with E-state index in [1.807, 2.05) is 0 Å². The summed E-state index contributed by atoms with van der Waals surface area (Å²) in [6.45, 7) is 0. The lowest BCUT2D eigenvalue weighted by Gasteiger charge is -2.23. The predicted octanol–water partition coefficient (Wildman–Crippen LogP) is 1.49. The lowest BCUT2D eigenvalue weighted by molar-refractivity contribution is 0.0128. The van der Waals surface area contributed by atoms with Crippen molar-refractivity contribution in [2.45, 2.75) is 5.60 Å². The normalized spacial score (nSPS) is 19.2. The molecule has 0 aliphatic heterocycles. The Morgan fingerprint density at radius 1 is 0.652 bits per heavy atom. The summed E-state index contributed by atoms with van der Waals surface area (Å²) in [7, 11) is 0. The third kappa shape index (κ3) is 1.49. The van der Waals surface area contributed by atoms with E-state index in [1.165, 1.54) is 24.3 Å². The maximum Gasteiger partial charge on any atom is 0.208 e. The van der Waals surface area contributed by atoms with Crippen LogP contribution in [0.15, 0.2) is 48.5 Å². The second kappa shape index (κ2) is 4.30. The number of carbonyl (C=O) groups excluding carboxylic acids is 4. The molecule has 5 heteroatoms. The summed E-state index contributed by atoms with van der Waals surface area (Å²) < 4.78 is 0.